The number of halogens is 3. The fraction of sp³-hybridized carbons (Fsp3) is 0.350. The second-order valence-electron chi connectivity index (χ2n) is 7.18. The van der Waals surface area contributed by atoms with Crippen molar-refractivity contribution >= 4 is 32.7 Å². The van der Waals surface area contributed by atoms with Crippen molar-refractivity contribution in [2.75, 3.05) is 18.0 Å². The maximum atomic E-state index is 14.5. The SMILES string of the molecule is OC(O)CC1CCCN(c2nc(-c3cc(F)c(Br)cc3F)nc3ccncc23)C1. The van der Waals surface area contributed by atoms with Gasteiger partial charge in [0.25, 0.3) is 0 Å². The molecule has 2 N–H and O–H groups in total. The lowest BCUT2D eigenvalue weighted by Gasteiger charge is -2.34. The summed E-state index contributed by atoms with van der Waals surface area (Å²) in [6.07, 6.45) is 3.89. The molecule has 6 nitrogen and oxygen atoms in total. The molecule has 1 aliphatic rings. The zero-order valence-corrected chi connectivity index (χ0v) is 17.0. The number of benzene rings is 1. The minimum absolute atomic E-state index is 0.0231. The minimum Gasteiger partial charge on any atom is -0.368 e. The molecule has 1 atom stereocenters. The number of hydrogen-bond donors (Lipinski definition) is 2. The first-order chi connectivity index (χ1) is 13.9. The maximum absolute atomic E-state index is 14.5. The summed E-state index contributed by atoms with van der Waals surface area (Å²) in [6.45, 7) is 1.30. The zero-order chi connectivity index (χ0) is 20.5. The van der Waals surface area contributed by atoms with E-state index in [9.17, 15) is 19.0 Å². The molecule has 152 valence electrons. The van der Waals surface area contributed by atoms with Crippen LogP contribution >= 0.6 is 15.9 Å². The number of piperidine rings is 1. The second kappa shape index (κ2) is 8.25. The molecule has 1 fully saturated rings. The van der Waals surface area contributed by atoms with E-state index in [0.29, 0.717) is 23.3 Å². The highest BCUT2D eigenvalue weighted by atomic mass is 79.9. The number of rotatable bonds is 4. The van der Waals surface area contributed by atoms with Crippen LogP contribution in [0.3, 0.4) is 0 Å². The molecule has 1 aliphatic heterocycles. The van der Waals surface area contributed by atoms with Crippen LogP contribution < -0.4 is 4.90 Å². The van der Waals surface area contributed by atoms with Gasteiger partial charge in [0.1, 0.15) is 17.5 Å². The van der Waals surface area contributed by atoms with Crippen LogP contribution in [0.4, 0.5) is 14.6 Å². The number of anilines is 1. The van der Waals surface area contributed by atoms with Crippen LogP contribution in [0.2, 0.25) is 0 Å². The molecule has 3 aromatic rings. The molecule has 0 spiro atoms. The van der Waals surface area contributed by atoms with Gasteiger partial charge < -0.3 is 15.1 Å². The van der Waals surface area contributed by atoms with E-state index in [1.54, 1.807) is 18.5 Å². The van der Waals surface area contributed by atoms with Crippen molar-refractivity contribution in [2.24, 2.45) is 5.92 Å². The van der Waals surface area contributed by atoms with Crippen molar-refractivity contribution in [1.82, 2.24) is 15.0 Å². The minimum atomic E-state index is -1.36. The summed E-state index contributed by atoms with van der Waals surface area (Å²) in [5.41, 5.74) is 0.553. The average Bonchev–Trinajstić information content (AvgIpc) is 2.69. The first kappa shape index (κ1) is 20.1. The highest BCUT2D eigenvalue weighted by molar-refractivity contribution is 9.10. The molecular weight excluding hydrogens is 446 g/mol. The molecular formula is C20H19BrF2N4O2. The normalized spacial score (nSPS) is 17.3. The van der Waals surface area contributed by atoms with Gasteiger partial charge in [-0.05, 0) is 52.9 Å². The number of fused-ring (bicyclic) bond motifs is 1. The van der Waals surface area contributed by atoms with Gasteiger partial charge in [-0.2, -0.15) is 0 Å². The van der Waals surface area contributed by atoms with E-state index in [-0.39, 0.29) is 28.2 Å². The monoisotopic (exact) mass is 464 g/mol. The van der Waals surface area contributed by atoms with E-state index >= 15 is 0 Å². The Hall–Kier alpha value is -2.23. The zero-order valence-electron chi connectivity index (χ0n) is 15.4. The molecule has 1 aromatic carbocycles. The number of nitrogens with zero attached hydrogens (tertiary/aromatic N) is 4. The lowest BCUT2D eigenvalue weighted by Crippen LogP contribution is -2.37. The standard InChI is InChI=1S/C20H19BrF2N4O2/c21-14-8-15(22)12(7-16(14)23)19-25-17-3-4-24-9-13(17)20(26-19)27-5-1-2-11(10-27)6-18(28)29/h3-4,7-9,11,18,28-29H,1-2,5-6,10H2. The number of aliphatic hydroxyl groups is 2. The molecule has 0 aliphatic carbocycles. The Morgan fingerprint density at radius 3 is 2.83 bits per heavy atom. The van der Waals surface area contributed by atoms with Crippen molar-refractivity contribution in [3.63, 3.8) is 0 Å². The third-order valence-corrected chi connectivity index (χ3v) is 5.70. The Balaban J connectivity index is 1.81. The third kappa shape index (κ3) is 4.22. The van der Waals surface area contributed by atoms with Crippen LogP contribution in [0.1, 0.15) is 19.3 Å². The summed E-state index contributed by atoms with van der Waals surface area (Å²) >= 11 is 2.98. The van der Waals surface area contributed by atoms with Gasteiger partial charge in [-0.15, -0.1) is 0 Å². The van der Waals surface area contributed by atoms with Gasteiger partial charge in [0.05, 0.1) is 20.9 Å². The smallest absolute Gasteiger partial charge is 0.165 e. The molecule has 0 bridgehead atoms. The van der Waals surface area contributed by atoms with Gasteiger partial charge >= 0.3 is 0 Å². The largest absolute Gasteiger partial charge is 0.368 e. The van der Waals surface area contributed by atoms with Crippen molar-refractivity contribution in [3.05, 3.63) is 46.7 Å². The Morgan fingerprint density at radius 2 is 2.03 bits per heavy atom. The summed E-state index contributed by atoms with van der Waals surface area (Å²) in [6, 6.07) is 3.84. The lowest BCUT2D eigenvalue weighted by atomic mass is 9.94. The van der Waals surface area contributed by atoms with E-state index in [0.717, 1.165) is 31.5 Å². The highest BCUT2D eigenvalue weighted by Crippen LogP contribution is 2.33. The molecule has 2 aromatic heterocycles. The van der Waals surface area contributed by atoms with Crippen molar-refractivity contribution < 1.29 is 19.0 Å². The number of aromatic nitrogens is 3. The van der Waals surface area contributed by atoms with Crippen LogP contribution in [0.25, 0.3) is 22.3 Å². The van der Waals surface area contributed by atoms with E-state index in [4.69, 9.17) is 0 Å². The van der Waals surface area contributed by atoms with Crippen LogP contribution in [-0.4, -0.2) is 44.5 Å². The quantitative estimate of drug-likeness (QED) is 0.452. The van der Waals surface area contributed by atoms with Gasteiger partial charge in [0, 0.05) is 31.9 Å². The van der Waals surface area contributed by atoms with Gasteiger partial charge in [0.2, 0.25) is 0 Å². The van der Waals surface area contributed by atoms with Gasteiger partial charge in [-0.1, -0.05) is 0 Å². The van der Waals surface area contributed by atoms with Crippen molar-refractivity contribution in [1.29, 1.82) is 0 Å². The Morgan fingerprint density at radius 1 is 1.21 bits per heavy atom. The fourth-order valence-corrected chi connectivity index (χ4v) is 4.08. The molecule has 0 saturated carbocycles. The van der Waals surface area contributed by atoms with Gasteiger partial charge in [-0.3, -0.25) is 4.98 Å². The molecule has 1 unspecified atom stereocenters. The topological polar surface area (TPSA) is 82.4 Å². The molecule has 4 rings (SSSR count). The molecule has 1 saturated heterocycles. The second-order valence-corrected chi connectivity index (χ2v) is 8.03. The Kier molecular flexibility index (Phi) is 5.71. The van der Waals surface area contributed by atoms with E-state index in [1.807, 2.05) is 4.90 Å². The first-order valence-electron chi connectivity index (χ1n) is 9.30. The van der Waals surface area contributed by atoms with Crippen LogP contribution in [0.15, 0.2) is 35.1 Å². The number of pyridine rings is 1. The van der Waals surface area contributed by atoms with Crippen LogP contribution in [-0.2, 0) is 0 Å². The Bertz CT molecular complexity index is 1050. The maximum Gasteiger partial charge on any atom is 0.165 e. The lowest BCUT2D eigenvalue weighted by molar-refractivity contribution is -0.0568. The summed E-state index contributed by atoms with van der Waals surface area (Å²) in [5, 5.41) is 19.4. The summed E-state index contributed by atoms with van der Waals surface area (Å²) < 4.78 is 28.6. The average molecular weight is 465 g/mol. The molecule has 9 heteroatoms. The summed E-state index contributed by atoms with van der Waals surface area (Å²) in [4.78, 5) is 15.2. The van der Waals surface area contributed by atoms with Gasteiger partial charge in [-0.25, -0.2) is 18.7 Å². The predicted octanol–water partition coefficient (Wildman–Crippen LogP) is 3.65. The van der Waals surface area contributed by atoms with E-state index in [1.165, 1.54) is 0 Å². The van der Waals surface area contributed by atoms with E-state index < -0.39 is 17.9 Å². The fourth-order valence-electron chi connectivity index (χ4n) is 3.76. The molecule has 0 amide bonds. The van der Waals surface area contributed by atoms with Crippen LogP contribution in [0.5, 0.6) is 0 Å². The first-order valence-corrected chi connectivity index (χ1v) is 10.1. The number of aliphatic hydroxyl groups excluding tert-OH is 1. The highest BCUT2D eigenvalue weighted by Gasteiger charge is 2.25. The Labute approximate surface area is 174 Å². The molecule has 3 heterocycles. The van der Waals surface area contributed by atoms with Crippen LogP contribution in [0, 0.1) is 17.6 Å². The van der Waals surface area contributed by atoms with Crippen molar-refractivity contribution in [3.8, 4) is 11.4 Å². The molecule has 0 radical (unpaired) electrons. The summed E-state index contributed by atoms with van der Waals surface area (Å²) in [5.74, 6) is -0.463. The summed E-state index contributed by atoms with van der Waals surface area (Å²) in [7, 11) is 0. The predicted molar refractivity (Wildman–Crippen MR) is 108 cm³/mol. The van der Waals surface area contributed by atoms with Gasteiger partial charge in [0.15, 0.2) is 12.1 Å². The van der Waals surface area contributed by atoms with Crippen molar-refractivity contribution in [2.45, 2.75) is 25.6 Å². The molecule has 29 heavy (non-hydrogen) atoms. The number of hydrogen-bond acceptors (Lipinski definition) is 6. The van der Waals surface area contributed by atoms with E-state index in [2.05, 4.69) is 30.9 Å². The third-order valence-electron chi connectivity index (χ3n) is 5.09.